The smallest absolute Gasteiger partial charge is 0.0773 e. The molecule has 0 saturated heterocycles. The van der Waals surface area contributed by atoms with Crippen LogP contribution in [0.25, 0.3) is 0 Å². The number of rotatable bonds is 0. The van der Waals surface area contributed by atoms with Gasteiger partial charge in [0.25, 0.3) is 0 Å². The fraction of sp³-hybridized carbons (Fsp3) is 0.333. The molecule has 2 atom stereocenters. The molecule has 0 fully saturated rings. The molecule has 0 bridgehead atoms. The molecule has 0 heterocycles. The summed E-state index contributed by atoms with van der Waals surface area (Å²) in [6, 6.07) is 3.09. The highest BCUT2D eigenvalue weighted by atomic mass is 35.5. The molecular weight excluding hydrogens is 209 g/mol. The van der Waals surface area contributed by atoms with Gasteiger partial charge in [-0.2, -0.15) is 0 Å². The summed E-state index contributed by atoms with van der Waals surface area (Å²) in [5.74, 6) is 0. The summed E-state index contributed by atoms with van der Waals surface area (Å²) >= 11 is 11.8. The largest absolute Gasteiger partial charge is 0.391 e. The maximum absolute atomic E-state index is 9.51. The highest BCUT2D eigenvalue weighted by molar-refractivity contribution is 6.35. The van der Waals surface area contributed by atoms with E-state index in [2.05, 4.69) is 0 Å². The van der Waals surface area contributed by atoms with Crippen LogP contribution in [0, 0.1) is 0 Å². The van der Waals surface area contributed by atoms with Crippen LogP contribution in [0.2, 0.25) is 10.0 Å². The molecule has 4 heteroatoms. The average Bonchev–Trinajstić information content (AvgIpc) is 2.32. The Labute approximate surface area is 86.3 Å². The predicted molar refractivity (Wildman–Crippen MR) is 53.1 cm³/mol. The van der Waals surface area contributed by atoms with E-state index in [1.165, 1.54) is 0 Å². The Bertz CT molecular complexity index is 354. The van der Waals surface area contributed by atoms with Crippen molar-refractivity contribution in [3.8, 4) is 0 Å². The standard InChI is InChI=1S/C9H9Cl2NO/c10-4-1-6-5(7(11)2-4)3-8(13)9(6)12/h1-2,8-9,13H,3,12H2/t8-,9+/m0/s1. The van der Waals surface area contributed by atoms with E-state index in [4.69, 9.17) is 28.9 Å². The zero-order chi connectivity index (χ0) is 9.59. The third-order valence-corrected chi connectivity index (χ3v) is 2.94. The number of fused-ring (bicyclic) bond motifs is 1. The summed E-state index contributed by atoms with van der Waals surface area (Å²) in [5.41, 5.74) is 7.55. The molecule has 1 aliphatic carbocycles. The lowest BCUT2D eigenvalue weighted by atomic mass is 10.1. The van der Waals surface area contributed by atoms with E-state index in [-0.39, 0.29) is 6.04 Å². The molecule has 0 radical (unpaired) electrons. The first-order valence-electron chi connectivity index (χ1n) is 4.01. The Hall–Kier alpha value is -0.280. The lowest BCUT2D eigenvalue weighted by Crippen LogP contribution is -2.21. The van der Waals surface area contributed by atoms with E-state index in [9.17, 15) is 5.11 Å². The minimum absolute atomic E-state index is 0.355. The van der Waals surface area contributed by atoms with Crippen LogP contribution in [0.4, 0.5) is 0 Å². The highest BCUT2D eigenvalue weighted by Gasteiger charge is 2.29. The van der Waals surface area contributed by atoms with Crippen LogP contribution in [0.1, 0.15) is 17.2 Å². The van der Waals surface area contributed by atoms with Crippen molar-refractivity contribution in [2.24, 2.45) is 5.73 Å². The Morgan fingerprint density at radius 3 is 2.77 bits per heavy atom. The predicted octanol–water partition coefficient (Wildman–Crippen LogP) is 1.91. The molecule has 0 unspecified atom stereocenters. The number of benzene rings is 1. The third kappa shape index (κ3) is 1.44. The van der Waals surface area contributed by atoms with Crippen LogP contribution in [-0.4, -0.2) is 11.2 Å². The van der Waals surface area contributed by atoms with Crippen molar-refractivity contribution in [2.45, 2.75) is 18.6 Å². The van der Waals surface area contributed by atoms with Crippen molar-refractivity contribution in [1.82, 2.24) is 0 Å². The molecule has 0 spiro atoms. The molecule has 1 aliphatic rings. The third-order valence-electron chi connectivity index (χ3n) is 2.38. The van der Waals surface area contributed by atoms with Gasteiger partial charge in [-0.1, -0.05) is 23.2 Å². The van der Waals surface area contributed by atoms with Crippen LogP contribution in [0.3, 0.4) is 0 Å². The van der Waals surface area contributed by atoms with Crippen molar-refractivity contribution >= 4 is 23.2 Å². The Kier molecular flexibility index (Phi) is 2.24. The molecule has 0 aromatic heterocycles. The van der Waals surface area contributed by atoms with Crippen molar-refractivity contribution in [3.05, 3.63) is 33.3 Å². The average molecular weight is 218 g/mol. The first-order chi connectivity index (χ1) is 6.09. The van der Waals surface area contributed by atoms with Gasteiger partial charge in [0.15, 0.2) is 0 Å². The molecule has 2 rings (SSSR count). The first kappa shape index (κ1) is 9.28. The molecule has 0 amide bonds. The second-order valence-electron chi connectivity index (χ2n) is 3.25. The van der Waals surface area contributed by atoms with Crippen LogP contribution < -0.4 is 5.73 Å². The monoisotopic (exact) mass is 217 g/mol. The number of aliphatic hydroxyl groups is 1. The SMILES string of the molecule is N[C@@H]1c2cc(Cl)cc(Cl)c2C[C@@H]1O. The van der Waals surface area contributed by atoms with Crippen molar-refractivity contribution in [2.75, 3.05) is 0 Å². The highest BCUT2D eigenvalue weighted by Crippen LogP contribution is 2.36. The lowest BCUT2D eigenvalue weighted by molar-refractivity contribution is 0.158. The summed E-state index contributed by atoms with van der Waals surface area (Å²) in [6.07, 6.45) is -0.0158. The quantitative estimate of drug-likeness (QED) is 0.698. The maximum Gasteiger partial charge on any atom is 0.0773 e. The van der Waals surface area contributed by atoms with Gasteiger partial charge in [-0.3, -0.25) is 0 Å². The van der Waals surface area contributed by atoms with Gasteiger partial charge in [0.05, 0.1) is 12.1 Å². The zero-order valence-electron chi connectivity index (χ0n) is 6.80. The topological polar surface area (TPSA) is 46.2 Å². The molecule has 3 N–H and O–H groups in total. The number of nitrogens with two attached hydrogens (primary N) is 1. The Balaban J connectivity index is 2.57. The summed E-state index contributed by atoms with van der Waals surface area (Å²) in [7, 11) is 0. The Morgan fingerprint density at radius 2 is 2.08 bits per heavy atom. The van der Waals surface area contributed by atoms with Crippen LogP contribution in [0.15, 0.2) is 12.1 Å². The van der Waals surface area contributed by atoms with Gasteiger partial charge in [0, 0.05) is 16.5 Å². The van der Waals surface area contributed by atoms with E-state index in [0.29, 0.717) is 16.5 Å². The van der Waals surface area contributed by atoms with Gasteiger partial charge in [-0.15, -0.1) is 0 Å². The molecular formula is C9H9Cl2NO. The molecule has 2 nitrogen and oxygen atoms in total. The van der Waals surface area contributed by atoms with Gasteiger partial charge < -0.3 is 10.8 Å². The summed E-state index contributed by atoms with van der Waals surface area (Å²) in [5, 5.41) is 10.7. The van der Waals surface area contributed by atoms with E-state index in [1.807, 2.05) is 0 Å². The zero-order valence-corrected chi connectivity index (χ0v) is 8.31. The number of aliphatic hydroxyl groups excluding tert-OH is 1. The minimum Gasteiger partial charge on any atom is -0.391 e. The van der Waals surface area contributed by atoms with Crippen molar-refractivity contribution < 1.29 is 5.11 Å². The van der Waals surface area contributed by atoms with Gasteiger partial charge in [0.1, 0.15) is 0 Å². The van der Waals surface area contributed by atoms with Crippen LogP contribution >= 0.6 is 23.2 Å². The Morgan fingerprint density at radius 1 is 1.38 bits per heavy atom. The number of hydrogen-bond acceptors (Lipinski definition) is 2. The number of hydrogen-bond donors (Lipinski definition) is 2. The molecule has 70 valence electrons. The van der Waals surface area contributed by atoms with Gasteiger partial charge in [-0.25, -0.2) is 0 Å². The summed E-state index contributed by atoms with van der Waals surface area (Å²) < 4.78 is 0. The number of halogens is 2. The second kappa shape index (κ2) is 3.14. The van der Waals surface area contributed by atoms with Crippen LogP contribution in [0.5, 0.6) is 0 Å². The molecule has 0 aliphatic heterocycles. The van der Waals surface area contributed by atoms with E-state index < -0.39 is 6.10 Å². The fourth-order valence-corrected chi connectivity index (χ4v) is 2.27. The molecule has 0 saturated carbocycles. The van der Waals surface area contributed by atoms with E-state index in [1.54, 1.807) is 12.1 Å². The molecule has 1 aromatic rings. The summed E-state index contributed by atoms with van der Waals surface area (Å²) in [6.45, 7) is 0. The van der Waals surface area contributed by atoms with Gasteiger partial charge in [0.2, 0.25) is 0 Å². The fourth-order valence-electron chi connectivity index (χ4n) is 1.68. The minimum atomic E-state index is -0.536. The lowest BCUT2D eigenvalue weighted by Gasteiger charge is -2.08. The second-order valence-corrected chi connectivity index (χ2v) is 4.10. The van der Waals surface area contributed by atoms with Crippen molar-refractivity contribution in [3.63, 3.8) is 0 Å². The molecule has 13 heavy (non-hydrogen) atoms. The molecule has 1 aromatic carbocycles. The van der Waals surface area contributed by atoms with Gasteiger partial charge in [-0.05, 0) is 23.3 Å². The first-order valence-corrected chi connectivity index (χ1v) is 4.76. The van der Waals surface area contributed by atoms with E-state index >= 15 is 0 Å². The van der Waals surface area contributed by atoms with Crippen molar-refractivity contribution in [1.29, 1.82) is 0 Å². The maximum atomic E-state index is 9.51. The van der Waals surface area contributed by atoms with E-state index in [0.717, 1.165) is 11.1 Å². The normalized spacial score (nSPS) is 26.2. The van der Waals surface area contributed by atoms with Gasteiger partial charge >= 0.3 is 0 Å². The van der Waals surface area contributed by atoms with Crippen LogP contribution in [-0.2, 0) is 6.42 Å². The summed E-state index contributed by atoms with van der Waals surface area (Å²) in [4.78, 5) is 0.